The summed E-state index contributed by atoms with van der Waals surface area (Å²) in [4.78, 5) is 0.383. The normalized spacial score (nSPS) is 10.0. The van der Waals surface area contributed by atoms with Crippen LogP contribution in [0.25, 0.3) is 0 Å². The van der Waals surface area contributed by atoms with Gasteiger partial charge in [-0.05, 0) is 42.8 Å². The predicted molar refractivity (Wildman–Crippen MR) is 83.3 cm³/mol. The second-order valence-electron chi connectivity index (χ2n) is 4.22. The van der Waals surface area contributed by atoms with E-state index >= 15 is 0 Å². The van der Waals surface area contributed by atoms with Crippen LogP contribution >= 0.6 is 12.2 Å². The van der Waals surface area contributed by atoms with Crippen LogP contribution in [0.2, 0.25) is 0 Å². The molecule has 0 saturated carbocycles. The summed E-state index contributed by atoms with van der Waals surface area (Å²) in [7, 11) is 1.66. The van der Waals surface area contributed by atoms with E-state index in [2.05, 4.69) is 5.32 Å². The molecule has 0 fully saturated rings. The summed E-state index contributed by atoms with van der Waals surface area (Å²) in [6.45, 7) is 2.00. The van der Waals surface area contributed by atoms with Crippen LogP contribution in [0.4, 0.5) is 11.4 Å². The molecule has 0 bridgehead atoms. The van der Waals surface area contributed by atoms with Crippen molar-refractivity contribution < 1.29 is 4.74 Å². The Hall–Kier alpha value is -2.07. The maximum absolute atomic E-state index is 5.72. The lowest BCUT2D eigenvalue weighted by molar-refractivity contribution is 0.412. The molecule has 0 atom stereocenters. The summed E-state index contributed by atoms with van der Waals surface area (Å²) in [5, 5.41) is 3.32. The topological polar surface area (TPSA) is 47.3 Å². The number of para-hydroxylation sites is 1. The van der Waals surface area contributed by atoms with E-state index in [-0.39, 0.29) is 0 Å². The van der Waals surface area contributed by atoms with Gasteiger partial charge in [0.15, 0.2) is 0 Å². The van der Waals surface area contributed by atoms with Gasteiger partial charge in [0.25, 0.3) is 0 Å². The highest BCUT2D eigenvalue weighted by Gasteiger charge is 2.05. The number of aryl methyl sites for hydroxylation is 1. The monoisotopic (exact) mass is 272 g/mol. The molecule has 0 aliphatic carbocycles. The van der Waals surface area contributed by atoms with Gasteiger partial charge in [-0.25, -0.2) is 0 Å². The van der Waals surface area contributed by atoms with E-state index in [4.69, 9.17) is 22.7 Å². The molecule has 0 aliphatic heterocycles. The van der Waals surface area contributed by atoms with E-state index < -0.39 is 0 Å². The van der Waals surface area contributed by atoms with Crippen molar-refractivity contribution >= 4 is 28.6 Å². The van der Waals surface area contributed by atoms with Crippen LogP contribution in [0, 0.1) is 6.92 Å². The van der Waals surface area contributed by atoms with Crippen LogP contribution in [0.1, 0.15) is 11.1 Å². The molecule has 0 amide bonds. The molecule has 0 radical (unpaired) electrons. The van der Waals surface area contributed by atoms with Crippen molar-refractivity contribution in [3.05, 3.63) is 53.6 Å². The fraction of sp³-hybridized carbons (Fsp3) is 0.133. The zero-order valence-electron chi connectivity index (χ0n) is 10.9. The molecule has 0 spiro atoms. The molecule has 2 rings (SSSR count). The van der Waals surface area contributed by atoms with Crippen LogP contribution in [-0.4, -0.2) is 12.1 Å². The Morgan fingerprint density at radius 3 is 2.58 bits per heavy atom. The van der Waals surface area contributed by atoms with Crippen molar-refractivity contribution in [2.24, 2.45) is 5.73 Å². The minimum Gasteiger partial charge on any atom is -0.496 e. The van der Waals surface area contributed by atoms with Crippen LogP contribution in [0.3, 0.4) is 0 Å². The SMILES string of the molecule is COc1ccc(Nc2ccccc2C(N)=S)cc1C. The number of hydrogen-bond donors (Lipinski definition) is 2. The van der Waals surface area contributed by atoms with Crippen molar-refractivity contribution in [1.82, 2.24) is 0 Å². The molecule has 0 aromatic heterocycles. The van der Waals surface area contributed by atoms with Gasteiger partial charge in [-0.1, -0.05) is 24.4 Å². The van der Waals surface area contributed by atoms with Gasteiger partial charge in [0, 0.05) is 16.9 Å². The number of nitrogens with one attached hydrogen (secondary N) is 1. The molecule has 3 nitrogen and oxygen atoms in total. The Morgan fingerprint density at radius 2 is 1.95 bits per heavy atom. The van der Waals surface area contributed by atoms with Crippen molar-refractivity contribution in [2.45, 2.75) is 6.92 Å². The van der Waals surface area contributed by atoms with Gasteiger partial charge in [0.1, 0.15) is 10.7 Å². The van der Waals surface area contributed by atoms with Crippen LogP contribution in [-0.2, 0) is 0 Å². The summed E-state index contributed by atoms with van der Waals surface area (Å²) in [5.74, 6) is 0.869. The van der Waals surface area contributed by atoms with Gasteiger partial charge in [-0.2, -0.15) is 0 Å². The predicted octanol–water partition coefficient (Wildman–Crippen LogP) is 3.38. The maximum atomic E-state index is 5.72. The third-order valence-electron chi connectivity index (χ3n) is 2.87. The fourth-order valence-electron chi connectivity index (χ4n) is 1.92. The van der Waals surface area contributed by atoms with Crippen LogP contribution in [0.15, 0.2) is 42.5 Å². The summed E-state index contributed by atoms with van der Waals surface area (Å²) in [5.41, 5.74) is 9.50. The molecule has 0 unspecified atom stereocenters. The Balaban J connectivity index is 2.31. The van der Waals surface area contributed by atoms with Gasteiger partial charge in [0.2, 0.25) is 0 Å². The van der Waals surface area contributed by atoms with E-state index in [1.807, 2.05) is 49.4 Å². The van der Waals surface area contributed by atoms with Crippen molar-refractivity contribution in [3.8, 4) is 5.75 Å². The lowest BCUT2D eigenvalue weighted by atomic mass is 10.1. The van der Waals surface area contributed by atoms with E-state index in [1.165, 1.54) is 0 Å². The quantitative estimate of drug-likeness (QED) is 0.838. The number of rotatable bonds is 4. The van der Waals surface area contributed by atoms with Crippen molar-refractivity contribution in [2.75, 3.05) is 12.4 Å². The summed E-state index contributed by atoms with van der Waals surface area (Å²) in [6, 6.07) is 13.6. The number of thiocarbonyl (C=S) groups is 1. The van der Waals surface area contributed by atoms with Gasteiger partial charge < -0.3 is 15.8 Å². The third-order valence-corrected chi connectivity index (χ3v) is 3.09. The molecule has 0 heterocycles. The molecule has 0 saturated heterocycles. The average molecular weight is 272 g/mol. The van der Waals surface area contributed by atoms with Crippen LogP contribution in [0.5, 0.6) is 5.75 Å². The second-order valence-corrected chi connectivity index (χ2v) is 4.66. The van der Waals surface area contributed by atoms with E-state index in [9.17, 15) is 0 Å². The maximum Gasteiger partial charge on any atom is 0.121 e. The Morgan fingerprint density at radius 1 is 1.21 bits per heavy atom. The van der Waals surface area contributed by atoms with E-state index in [0.29, 0.717) is 4.99 Å². The zero-order valence-corrected chi connectivity index (χ0v) is 11.8. The first-order chi connectivity index (χ1) is 9.11. The molecule has 4 heteroatoms. The summed E-state index contributed by atoms with van der Waals surface area (Å²) < 4.78 is 5.24. The number of benzene rings is 2. The smallest absolute Gasteiger partial charge is 0.121 e. The molecule has 2 aromatic rings. The lowest BCUT2D eigenvalue weighted by Crippen LogP contribution is -2.11. The van der Waals surface area contributed by atoms with Crippen molar-refractivity contribution in [3.63, 3.8) is 0 Å². The van der Waals surface area contributed by atoms with E-state index in [1.54, 1.807) is 7.11 Å². The number of hydrogen-bond acceptors (Lipinski definition) is 3. The highest BCUT2D eigenvalue weighted by Crippen LogP contribution is 2.25. The highest BCUT2D eigenvalue weighted by molar-refractivity contribution is 7.80. The van der Waals surface area contributed by atoms with Gasteiger partial charge in [0.05, 0.1) is 7.11 Å². The minimum absolute atomic E-state index is 0.383. The standard InChI is InChI=1S/C15H16N2OS/c1-10-9-11(7-8-14(10)18-2)17-13-6-4-3-5-12(13)15(16)19/h3-9,17H,1-2H3,(H2,16,19). The number of nitrogens with two attached hydrogens (primary N) is 1. The Labute approximate surface area is 118 Å². The summed E-state index contributed by atoms with van der Waals surface area (Å²) in [6.07, 6.45) is 0. The second kappa shape index (κ2) is 5.71. The van der Waals surface area contributed by atoms with Crippen LogP contribution < -0.4 is 15.8 Å². The summed E-state index contributed by atoms with van der Waals surface area (Å²) >= 11 is 5.05. The molecular weight excluding hydrogens is 256 g/mol. The largest absolute Gasteiger partial charge is 0.496 e. The molecule has 3 N–H and O–H groups in total. The van der Waals surface area contributed by atoms with Gasteiger partial charge in [-0.15, -0.1) is 0 Å². The molecule has 0 aliphatic rings. The Kier molecular flexibility index (Phi) is 4.02. The number of anilines is 2. The van der Waals surface area contributed by atoms with E-state index in [0.717, 1.165) is 28.3 Å². The highest BCUT2D eigenvalue weighted by atomic mass is 32.1. The Bertz CT molecular complexity index is 611. The number of ether oxygens (including phenoxy) is 1. The molecule has 19 heavy (non-hydrogen) atoms. The lowest BCUT2D eigenvalue weighted by Gasteiger charge is -2.12. The van der Waals surface area contributed by atoms with Gasteiger partial charge in [-0.3, -0.25) is 0 Å². The zero-order chi connectivity index (χ0) is 13.8. The number of methoxy groups -OCH3 is 1. The first-order valence-electron chi connectivity index (χ1n) is 5.92. The first-order valence-corrected chi connectivity index (χ1v) is 6.33. The third kappa shape index (κ3) is 3.03. The molecule has 2 aromatic carbocycles. The first kappa shape index (κ1) is 13.4. The van der Waals surface area contributed by atoms with Gasteiger partial charge >= 0.3 is 0 Å². The molecular formula is C15H16N2OS. The van der Waals surface area contributed by atoms with Crippen molar-refractivity contribution in [1.29, 1.82) is 0 Å². The minimum atomic E-state index is 0.383. The fourth-order valence-corrected chi connectivity index (χ4v) is 2.10. The average Bonchev–Trinajstić information content (AvgIpc) is 2.39. The molecule has 98 valence electrons.